The van der Waals surface area contributed by atoms with Gasteiger partial charge in [-0.05, 0) is 43.2 Å². The van der Waals surface area contributed by atoms with Gasteiger partial charge in [0.15, 0.2) is 0 Å². The summed E-state index contributed by atoms with van der Waals surface area (Å²) >= 11 is 3.36. The van der Waals surface area contributed by atoms with Crippen LogP contribution in [0, 0.1) is 0 Å². The number of carbonyl (C=O) groups is 1. The Hall–Kier alpha value is -1.33. The van der Waals surface area contributed by atoms with Crippen LogP contribution >= 0.6 is 23.1 Å². The third-order valence-electron chi connectivity index (χ3n) is 3.71. The van der Waals surface area contributed by atoms with Crippen molar-refractivity contribution in [3.63, 3.8) is 0 Å². The Morgan fingerprint density at radius 1 is 1.41 bits per heavy atom. The van der Waals surface area contributed by atoms with Gasteiger partial charge >= 0.3 is 0 Å². The number of hydrogen-bond acceptors (Lipinski definition) is 4. The SMILES string of the molecule is CCSc1ccc(C(C)NC(=O)c2cnc(C3CC3)s2)cc1. The fourth-order valence-corrected chi connectivity index (χ4v) is 3.93. The second-order valence-electron chi connectivity index (χ2n) is 5.53. The average molecular weight is 332 g/mol. The molecule has 1 unspecified atom stereocenters. The Morgan fingerprint density at radius 3 is 2.77 bits per heavy atom. The summed E-state index contributed by atoms with van der Waals surface area (Å²) in [6.45, 7) is 4.16. The third-order valence-corrected chi connectivity index (χ3v) is 5.77. The van der Waals surface area contributed by atoms with Crippen LogP contribution in [0.1, 0.15) is 58.9 Å². The van der Waals surface area contributed by atoms with Crippen LogP contribution in [-0.4, -0.2) is 16.6 Å². The molecule has 1 heterocycles. The summed E-state index contributed by atoms with van der Waals surface area (Å²) in [4.78, 5) is 18.7. The molecular formula is C17H20N2OS2. The number of amides is 1. The number of rotatable bonds is 6. The molecule has 22 heavy (non-hydrogen) atoms. The fraction of sp³-hybridized carbons (Fsp3) is 0.412. The van der Waals surface area contributed by atoms with E-state index in [4.69, 9.17) is 0 Å². The van der Waals surface area contributed by atoms with Crippen LogP contribution in [0.15, 0.2) is 35.4 Å². The van der Waals surface area contributed by atoms with Gasteiger partial charge in [0.25, 0.3) is 5.91 Å². The highest BCUT2D eigenvalue weighted by Gasteiger charge is 2.27. The summed E-state index contributed by atoms with van der Waals surface area (Å²) < 4.78 is 0. The van der Waals surface area contributed by atoms with Crippen LogP contribution in [0.3, 0.4) is 0 Å². The van der Waals surface area contributed by atoms with E-state index in [1.807, 2.05) is 18.7 Å². The lowest BCUT2D eigenvalue weighted by Gasteiger charge is -2.14. The smallest absolute Gasteiger partial charge is 0.263 e. The summed E-state index contributed by atoms with van der Waals surface area (Å²) in [5.74, 6) is 1.65. The van der Waals surface area contributed by atoms with Gasteiger partial charge in [0, 0.05) is 10.8 Å². The van der Waals surface area contributed by atoms with Crippen molar-refractivity contribution in [1.29, 1.82) is 0 Å². The molecule has 1 amide bonds. The maximum Gasteiger partial charge on any atom is 0.263 e. The molecule has 1 aliphatic rings. The minimum Gasteiger partial charge on any atom is -0.345 e. The molecule has 0 spiro atoms. The van der Waals surface area contributed by atoms with E-state index in [0.717, 1.165) is 16.3 Å². The monoisotopic (exact) mass is 332 g/mol. The number of benzene rings is 1. The molecule has 0 saturated heterocycles. The van der Waals surface area contributed by atoms with Crippen molar-refractivity contribution in [3.8, 4) is 0 Å². The Balaban J connectivity index is 1.61. The number of hydrogen-bond donors (Lipinski definition) is 1. The van der Waals surface area contributed by atoms with Crippen LogP contribution in [-0.2, 0) is 0 Å². The van der Waals surface area contributed by atoms with E-state index in [1.165, 1.54) is 29.1 Å². The Bertz CT molecular complexity index is 647. The molecule has 1 atom stereocenters. The lowest BCUT2D eigenvalue weighted by atomic mass is 10.1. The Labute approximate surface area is 139 Å². The Morgan fingerprint density at radius 2 is 2.14 bits per heavy atom. The summed E-state index contributed by atoms with van der Waals surface area (Å²) in [6.07, 6.45) is 4.14. The van der Waals surface area contributed by atoms with Crippen LogP contribution in [0.5, 0.6) is 0 Å². The first kappa shape index (κ1) is 15.6. The number of nitrogens with one attached hydrogen (secondary N) is 1. The highest BCUT2D eigenvalue weighted by Crippen LogP contribution is 2.41. The van der Waals surface area contributed by atoms with E-state index in [-0.39, 0.29) is 11.9 Å². The largest absolute Gasteiger partial charge is 0.345 e. The van der Waals surface area contributed by atoms with Crippen molar-refractivity contribution in [2.24, 2.45) is 0 Å². The van der Waals surface area contributed by atoms with E-state index < -0.39 is 0 Å². The normalized spacial score (nSPS) is 15.5. The minimum atomic E-state index is -0.0242. The van der Waals surface area contributed by atoms with Gasteiger partial charge in [0.1, 0.15) is 4.88 Å². The molecule has 3 nitrogen and oxygen atoms in total. The molecule has 116 valence electrons. The first-order chi connectivity index (χ1) is 10.7. The van der Waals surface area contributed by atoms with Crippen molar-refractivity contribution in [2.75, 3.05) is 5.75 Å². The molecule has 1 N–H and O–H groups in total. The molecule has 1 aromatic carbocycles. The third kappa shape index (κ3) is 3.70. The van der Waals surface area contributed by atoms with Gasteiger partial charge in [-0.25, -0.2) is 4.98 Å². The first-order valence-corrected chi connectivity index (χ1v) is 9.47. The highest BCUT2D eigenvalue weighted by atomic mass is 32.2. The number of nitrogens with zero attached hydrogens (tertiary/aromatic N) is 1. The zero-order valence-corrected chi connectivity index (χ0v) is 14.5. The molecule has 1 aromatic heterocycles. The average Bonchev–Trinajstić information content (AvgIpc) is 3.25. The first-order valence-electron chi connectivity index (χ1n) is 7.66. The summed E-state index contributed by atoms with van der Waals surface area (Å²) in [7, 11) is 0. The standard InChI is InChI=1S/C17H20N2OS2/c1-3-21-14-8-6-12(7-9-14)11(2)19-16(20)15-10-18-17(22-15)13-4-5-13/h6-11,13H,3-5H2,1-2H3,(H,19,20). The number of thiazole rings is 1. The molecule has 1 saturated carbocycles. The number of aromatic nitrogens is 1. The van der Waals surface area contributed by atoms with Gasteiger partial charge in [0.05, 0.1) is 17.2 Å². The van der Waals surface area contributed by atoms with Gasteiger partial charge in [-0.2, -0.15) is 0 Å². The molecule has 3 rings (SSSR count). The van der Waals surface area contributed by atoms with Gasteiger partial charge in [-0.3, -0.25) is 4.79 Å². The van der Waals surface area contributed by atoms with Gasteiger partial charge < -0.3 is 5.32 Å². The number of thioether (sulfide) groups is 1. The second-order valence-corrected chi connectivity index (χ2v) is 7.93. The molecular weight excluding hydrogens is 312 g/mol. The van der Waals surface area contributed by atoms with Crippen molar-refractivity contribution in [2.45, 2.75) is 43.5 Å². The van der Waals surface area contributed by atoms with E-state index in [2.05, 4.69) is 41.5 Å². The summed E-state index contributed by atoms with van der Waals surface area (Å²) in [6, 6.07) is 8.41. The molecule has 1 aliphatic carbocycles. The lowest BCUT2D eigenvalue weighted by Crippen LogP contribution is -2.25. The fourth-order valence-electron chi connectivity index (χ4n) is 2.28. The summed E-state index contributed by atoms with van der Waals surface area (Å²) in [5, 5.41) is 4.17. The van der Waals surface area contributed by atoms with Crippen LogP contribution in [0.2, 0.25) is 0 Å². The lowest BCUT2D eigenvalue weighted by molar-refractivity contribution is 0.0944. The van der Waals surface area contributed by atoms with E-state index in [0.29, 0.717) is 10.8 Å². The van der Waals surface area contributed by atoms with Gasteiger partial charge in [-0.1, -0.05) is 19.1 Å². The van der Waals surface area contributed by atoms with Crippen molar-refractivity contribution >= 4 is 29.0 Å². The predicted molar refractivity (Wildman–Crippen MR) is 92.8 cm³/mol. The van der Waals surface area contributed by atoms with E-state index in [1.54, 1.807) is 6.20 Å². The molecule has 0 radical (unpaired) electrons. The maximum absolute atomic E-state index is 12.3. The molecule has 5 heteroatoms. The summed E-state index contributed by atoms with van der Waals surface area (Å²) in [5.41, 5.74) is 1.13. The van der Waals surface area contributed by atoms with Gasteiger partial charge in [-0.15, -0.1) is 23.1 Å². The zero-order valence-electron chi connectivity index (χ0n) is 12.8. The molecule has 0 bridgehead atoms. The van der Waals surface area contributed by atoms with Gasteiger partial charge in [0.2, 0.25) is 0 Å². The van der Waals surface area contributed by atoms with Crippen LogP contribution in [0.4, 0.5) is 0 Å². The van der Waals surface area contributed by atoms with E-state index in [9.17, 15) is 4.79 Å². The van der Waals surface area contributed by atoms with Crippen molar-refractivity contribution < 1.29 is 4.79 Å². The minimum absolute atomic E-state index is 0.000323. The highest BCUT2D eigenvalue weighted by molar-refractivity contribution is 7.99. The topological polar surface area (TPSA) is 42.0 Å². The molecule has 0 aliphatic heterocycles. The molecule has 1 fully saturated rings. The van der Waals surface area contributed by atoms with Crippen molar-refractivity contribution in [3.05, 3.63) is 45.9 Å². The number of carbonyl (C=O) groups excluding carboxylic acids is 1. The molecule has 2 aromatic rings. The van der Waals surface area contributed by atoms with E-state index >= 15 is 0 Å². The van der Waals surface area contributed by atoms with Crippen LogP contribution < -0.4 is 5.32 Å². The zero-order chi connectivity index (χ0) is 15.5. The second kappa shape index (κ2) is 6.84. The quantitative estimate of drug-likeness (QED) is 0.785. The Kier molecular flexibility index (Phi) is 4.84. The maximum atomic E-state index is 12.3. The predicted octanol–water partition coefficient (Wildman–Crippen LogP) is 4.62. The van der Waals surface area contributed by atoms with Crippen LogP contribution in [0.25, 0.3) is 0 Å². The van der Waals surface area contributed by atoms with Crippen molar-refractivity contribution in [1.82, 2.24) is 10.3 Å².